The van der Waals surface area contributed by atoms with Gasteiger partial charge in [-0.2, -0.15) is 0 Å². The lowest BCUT2D eigenvalue weighted by Crippen LogP contribution is -2.11. The second-order valence-electron chi connectivity index (χ2n) is 14.1. The highest BCUT2D eigenvalue weighted by Gasteiger charge is 2.22. The van der Waals surface area contributed by atoms with Gasteiger partial charge in [0.25, 0.3) is 0 Å². The summed E-state index contributed by atoms with van der Waals surface area (Å²) >= 11 is 1.86. The number of hydrogen-bond donors (Lipinski definition) is 0. The molecule has 11 aromatic rings. The zero-order valence-electron chi connectivity index (χ0n) is 29.8. The fraction of sp³-hybridized carbons (Fsp3) is 0. The minimum atomic E-state index is 0.870. The number of anilines is 3. The lowest BCUT2D eigenvalue weighted by molar-refractivity contribution is 0.669. The van der Waals surface area contributed by atoms with Crippen molar-refractivity contribution in [3.05, 3.63) is 200 Å². The van der Waals surface area contributed by atoms with Gasteiger partial charge in [-0.15, -0.1) is 11.3 Å². The van der Waals surface area contributed by atoms with Crippen LogP contribution >= 0.6 is 11.3 Å². The third-order valence-corrected chi connectivity index (χ3v) is 12.0. The Balaban J connectivity index is 1.06. The Morgan fingerprint density at radius 1 is 0.364 bits per heavy atom. The molecule has 0 saturated heterocycles. The summed E-state index contributed by atoms with van der Waals surface area (Å²) in [5.41, 5.74) is 12.1. The molecule has 3 heteroatoms. The molecule has 0 radical (unpaired) electrons. The second-order valence-corrected chi connectivity index (χ2v) is 15.2. The standard InChI is InChI=1S/C52H33NOS/c1-2-12-36-32-39(24-23-34(36)11-1)38-14-9-13-37(31-38)35-25-28-41(29-26-35)53(47-19-10-21-49-52(47)45-17-4-7-20-48(45)54-49)46-18-6-3-15-42(46)40-27-30-44-43-16-5-8-22-50(43)55-51(44)33-40/h1-33H. The summed E-state index contributed by atoms with van der Waals surface area (Å²) < 4.78 is 9.03. The molecular weight excluding hydrogens is 687 g/mol. The Hall–Kier alpha value is -6.94. The first-order valence-corrected chi connectivity index (χ1v) is 19.5. The third-order valence-electron chi connectivity index (χ3n) is 10.9. The number of hydrogen-bond acceptors (Lipinski definition) is 3. The van der Waals surface area contributed by atoms with Crippen LogP contribution in [0, 0.1) is 0 Å². The summed E-state index contributed by atoms with van der Waals surface area (Å²) in [5, 5.41) is 7.31. The van der Waals surface area contributed by atoms with Crippen molar-refractivity contribution in [3.63, 3.8) is 0 Å². The lowest BCUT2D eigenvalue weighted by Gasteiger charge is -2.28. The fourth-order valence-electron chi connectivity index (χ4n) is 8.21. The molecule has 11 rings (SSSR count). The molecule has 258 valence electrons. The van der Waals surface area contributed by atoms with Crippen LogP contribution in [0.5, 0.6) is 0 Å². The number of benzene rings is 9. The largest absolute Gasteiger partial charge is 0.456 e. The van der Waals surface area contributed by atoms with Crippen molar-refractivity contribution >= 4 is 81.3 Å². The number of nitrogens with zero attached hydrogens (tertiary/aromatic N) is 1. The van der Waals surface area contributed by atoms with E-state index < -0.39 is 0 Å². The predicted molar refractivity (Wildman–Crippen MR) is 235 cm³/mol. The lowest BCUT2D eigenvalue weighted by atomic mass is 9.97. The average Bonchev–Trinajstić information content (AvgIpc) is 3.83. The summed E-state index contributed by atoms with van der Waals surface area (Å²) in [7, 11) is 0. The first kappa shape index (κ1) is 31.6. The average molecular weight is 720 g/mol. The van der Waals surface area contributed by atoms with Crippen LogP contribution in [0.2, 0.25) is 0 Å². The summed E-state index contributed by atoms with van der Waals surface area (Å²) in [6.07, 6.45) is 0. The molecule has 55 heavy (non-hydrogen) atoms. The second kappa shape index (κ2) is 12.9. The fourth-order valence-corrected chi connectivity index (χ4v) is 9.35. The molecule has 9 aromatic carbocycles. The van der Waals surface area contributed by atoms with E-state index in [4.69, 9.17) is 4.42 Å². The number of rotatable bonds is 6. The van der Waals surface area contributed by atoms with E-state index in [1.807, 2.05) is 17.4 Å². The van der Waals surface area contributed by atoms with Crippen LogP contribution in [0.4, 0.5) is 17.1 Å². The Labute approximate surface area is 322 Å². The van der Waals surface area contributed by atoms with Crippen molar-refractivity contribution in [2.24, 2.45) is 0 Å². The third kappa shape index (κ3) is 5.40. The molecule has 2 nitrogen and oxygen atoms in total. The number of para-hydroxylation sites is 2. The number of fused-ring (bicyclic) bond motifs is 7. The van der Waals surface area contributed by atoms with Crippen LogP contribution < -0.4 is 4.90 Å². The SMILES string of the molecule is c1cc(-c2ccc(N(c3ccccc3-c3ccc4c(c3)sc3ccccc34)c3cccc4oc5ccccc5c34)cc2)cc(-c2ccc3ccccc3c2)c1. The van der Waals surface area contributed by atoms with Gasteiger partial charge < -0.3 is 9.32 Å². The summed E-state index contributed by atoms with van der Waals surface area (Å²) in [5.74, 6) is 0. The highest BCUT2D eigenvalue weighted by atomic mass is 32.1. The molecule has 2 aromatic heterocycles. The zero-order chi connectivity index (χ0) is 36.3. The quantitative estimate of drug-likeness (QED) is 0.170. The van der Waals surface area contributed by atoms with Crippen LogP contribution in [0.25, 0.3) is 86.3 Å². The van der Waals surface area contributed by atoms with Crippen molar-refractivity contribution in [3.8, 4) is 33.4 Å². The normalized spacial score (nSPS) is 11.6. The van der Waals surface area contributed by atoms with Gasteiger partial charge in [0.05, 0.1) is 16.8 Å². The van der Waals surface area contributed by atoms with Crippen molar-refractivity contribution < 1.29 is 4.42 Å². The first-order valence-electron chi connectivity index (χ1n) is 18.7. The van der Waals surface area contributed by atoms with Crippen LogP contribution in [0.15, 0.2) is 205 Å². The number of thiophene rings is 1. The van der Waals surface area contributed by atoms with Crippen LogP contribution in [-0.4, -0.2) is 0 Å². The van der Waals surface area contributed by atoms with Gasteiger partial charge in [0.15, 0.2) is 0 Å². The zero-order valence-corrected chi connectivity index (χ0v) is 30.6. The van der Waals surface area contributed by atoms with E-state index in [0.29, 0.717) is 0 Å². The topological polar surface area (TPSA) is 16.4 Å². The molecule has 0 amide bonds. The molecule has 0 aliphatic rings. The van der Waals surface area contributed by atoms with Crippen LogP contribution in [0.1, 0.15) is 0 Å². The van der Waals surface area contributed by atoms with Gasteiger partial charge in [0.1, 0.15) is 11.2 Å². The molecule has 0 saturated carbocycles. The molecule has 2 heterocycles. The minimum Gasteiger partial charge on any atom is -0.456 e. The summed E-state index contributed by atoms with van der Waals surface area (Å²) in [6.45, 7) is 0. The minimum absolute atomic E-state index is 0.870. The molecular formula is C52H33NOS. The maximum absolute atomic E-state index is 6.43. The Kier molecular flexibility index (Phi) is 7.39. The van der Waals surface area contributed by atoms with Crippen molar-refractivity contribution in [1.82, 2.24) is 0 Å². The molecule has 0 atom stereocenters. The van der Waals surface area contributed by atoms with E-state index in [0.717, 1.165) is 39.0 Å². The first-order chi connectivity index (χ1) is 27.2. The van der Waals surface area contributed by atoms with E-state index in [9.17, 15) is 0 Å². The maximum Gasteiger partial charge on any atom is 0.137 e. The molecule has 0 N–H and O–H groups in total. The maximum atomic E-state index is 6.43. The smallest absolute Gasteiger partial charge is 0.137 e. The Morgan fingerprint density at radius 3 is 1.91 bits per heavy atom. The highest BCUT2D eigenvalue weighted by Crippen LogP contribution is 2.47. The highest BCUT2D eigenvalue weighted by molar-refractivity contribution is 7.25. The molecule has 0 fully saturated rings. The monoisotopic (exact) mass is 719 g/mol. The van der Waals surface area contributed by atoms with Crippen molar-refractivity contribution in [2.75, 3.05) is 4.90 Å². The molecule has 0 unspecified atom stereocenters. The van der Waals surface area contributed by atoms with Crippen molar-refractivity contribution in [1.29, 1.82) is 0 Å². The molecule has 0 aliphatic heterocycles. The van der Waals surface area contributed by atoms with E-state index in [2.05, 4.69) is 199 Å². The molecule has 0 bridgehead atoms. The van der Waals surface area contributed by atoms with E-state index in [1.54, 1.807) is 0 Å². The summed E-state index contributed by atoms with van der Waals surface area (Å²) in [4.78, 5) is 2.41. The van der Waals surface area contributed by atoms with Gasteiger partial charge in [-0.05, 0) is 99.3 Å². The predicted octanol–water partition coefficient (Wildman–Crippen LogP) is 15.6. The van der Waals surface area contributed by atoms with E-state index in [-0.39, 0.29) is 0 Å². The Morgan fingerprint density at radius 2 is 1.00 bits per heavy atom. The molecule has 0 spiro atoms. The van der Waals surface area contributed by atoms with Gasteiger partial charge in [-0.3, -0.25) is 0 Å². The van der Waals surface area contributed by atoms with Crippen LogP contribution in [0.3, 0.4) is 0 Å². The van der Waals surface area contributed by atoms with Gasteiger partial charge >= 0.3 is 0 Å². The molecule has 0 aliphatic carbocycles. The van der Waals surface area contributed by atoms with Crippen LogP contribution in [-0.2, 0) is 0 Å². The van der Waals surface area contributed by atoms with E-state index in [1.165, 1.54) is 64.3 Å². The van der Waals surface area contributed by atoms with Gasteiger partial charge in [-0.1, -0.05) is 140 Å². The Bertz CT molecular complexity index is 3220. The van der Waals surface area contributed by atoms with Gasteiger partial charge in [-0.25, -0.2) is 0 Å². The number of furan rings is 1. The summed E-state index contributed by atoms with van der Waals surface area (Å²) in [6, 6.07) is 72.3. The van der Waals surface area contributed by atoms with E-state index >= 15 is 0 Å². The van der Waals surface area contributed by atoms with Gasteiger partial charge in [0, 0.05) is 36.8 Å². The van der Waals surface area contributed by atoms with Gasteiger partial charge in [0.2, 0.25) is 0 Å². The van der Waals surface area contributed by atoms with Crippen molar-refractivity contribution in [2.45, 2.75) is 0 Å².